The first-order valence-electron chi connectivity index (χ1n) is 9.04. The number of rotatable bonds is 6. The van der Waals surface area contributed by atoms with E-state index < -0.39 is 0 Å². The Bertz CT molecular complexity index is 1140. The van der Waals surface area contributed by atoms with Gasteiger partial charge in [0.2, 0.25) is 5.91 Å². The van der Waals surface area contributed by atoms with Crippen molar-refractivity contribution in [2.24, 2.45) is 0 Å². The third-order valence-corrected chi connectivity index (χ3v) is 5.51. The number of carbonyl (C=O) groups is 1. The Balaban J connectivity index is 1.49. The molecule has 1 atom stereocenters. The zero-order valence-electron chi connectivity index (χ0n) is 15.1. The van der Waals surface area contributed by atoms with E-state index >= 15 is 0 Å². The first-order chi connectivity index (χ1) is 13.7. The normalized spacial score (nSPS) is 12.0. The molecule has 0 aliphatic rings. The first kappa shape index (κ1) is 18.1. The minimum Gasteiger partial charge on any atom is -0.344 e. The van der Waals surface area contributed by atoms with E-state index in [1.165, 1.54) is 10.9 Å². The van der Waals surface area contributed by atoms with Crippen LogP contribution in [-0.4, -0.2) is 15.5 Å². The lowest BCUT2D eigenvalue weighted by molar-refractivity contribution is -0.121. The maximum absolute atomic E-state index is 12.6. The van der Waals surface area contributed by atoms with Crippen LogP contribution < -0.4 is 10.9 Å². The number of amides is 1. The van der Waals surface area contributed by atoms with Crippen LogP contribution in [0.2, 0.25) is 0 Å². The fourth-order valence-corrected chi connectivity index (χ4v) is 3.94. The molecule has 0 saturated heterocycles. The van der Waals surface area contributed by atoms with Crippen LogP contribution >= 0.6 is 11.3 Å². The number of nitrogens with one attached hydrogen (secondary N) is 1. The molecule has 6 heteroatoms. The van der Waals surface area contributed by atoms with Gasteiger partial charge >= 0.3 is 0 Å². The molecule has 0 saturated carbocycles. The first-order valence-corrected chi connectivity index (χ1v) is 9.92. The average Bonchev–Trinajstić information content (AvgIpc) is 3.27. The summed E-state index contributed by atoms with van der Waals surface area (Å²) in [7, 11) is 0. The van der Waals surface area contributed by atoms with Gasteiger partial charge < -0.3 is 5.32 Å². The zero-order valence-corrected chi connectivity index (χ0v) is 15.9. The van der Waals surface area contributed by atoms with Crippen molar-refractivity contribution < 1.29 is 4.79 Å². The van der Waals surface area contributed by atoms with Crippen LogP contribution in [0.25, 0.3) is 10.9 Å². The van der Waals surface area contributed by atoms with Crippen LogP contribution in [-0.2, 0) is 11.3 Å². The largest absolute Gasteiger partial charge is 0.344 e. The SMILES string of the molecule is O=C(CCn1cnc2ccccc2c1=O)N[C@@H](c1ccccc1)c1cccs1. The number of carbonyl (C=O) groups excluding carboxylic acids is 1. The van der Waals surface area contributed by atoms with Gasteiger partial charge in [-0.15, -0.1) is 11.3 Å². The molecule has 4 rings (SSSR count). The van der Waals surface area contributed by atoms with Gasteiger partial charge in [0.1, 0.15) is 0 Å². The van der Waals surface area contributed by atoms with Crippen molar-refractivity contribution >= 4 is 28.1 Å². The highest BCUT2D eigenvalue weighted by atomic mass is 32.1. The van der Waals surface area contributed by atoms with Crippen LogP contribution in [0.5, 0.6) is 0 Å². The lowest BCUT2D eigenvalue weighted by Gasteiger charge is -2.18. The maximum atomic E-state index is 12.6. The Kier molecular flexibility index (Phi) is 5.30. The summed E-state index contributed by atoms with van der Waals surface area (Å²) in [6.45, 7) is 0.286. The summed E-state index contributed by atoms with van der Waals surface area (Å²) in [5.41, 5.74) is 1.56. The predicted molar refractivity (Wildman–Crippen MR) is 111 cm³/mol. The van der Waals surface area contributed by atoms with Crippen LogP contribution in [0.15, 0.2) is 83.2 Å². The molecule has 4 aromatic rings. The van der Waals surface area contributed by atoms with E-state index in [0.717, 1.165) is 10.4 Å². The molecule has 2 heterocycles. The average molecular weight is 389 g/mol. The maximum Gasteiger partial charge on any atom is 0.261 e. The molecule has 2 aromatic carbocycles. The van der Waals surface area contributed by atoms with Crippen molar-refractivity contribution in [1.29, 1.82) is 0 Å². The molecule has 0 aliphatic heterocycles. The Morgan fingerprint density at radius 2 is 1.82 bits per heavy atom. The monoisotopic (exact) mass is 389 g/mol. The standard InChI is InChI=1S/C22H19N3O2S/c26-20(12-13-25-15-23-18-10-5-4-9-17(18)22(25)27)24-21(19-11-6-14-28-19)16-7-2-1-3-8-16/h1-11,14-15,21H,12-13H2,(H,24,26)/t21-/m0/s1. The molecule has 5 nitrogen and oxygen atoms in total. The summed E-state index contributed by atoms with van der Waals surface area (Å²) >= 11 is 1.61. The summed E-state index contributed by atoms with van der Waals surface area (Å²) in [5.74, 6) is -0.109. The second kappa shape index (κ2) is 8.19. The third-order valence-electron chi connectivity index (χ3n) is 4.58. The van der Waals surface area contributed by atoms with E-state index in [4.69, 9.17) is 0 Å². The number of thiophene rings is 1. The Morgan fingerprint density at radius 1 is 1.04 bits per heavy atom. The van der Waals surface area contributed by atoms with E-state index in [2.05, 4.69) is 10.3 Å². The fourth-order valence-electron chi connectivity index (χ4n) is 3.14. The number of aryl methyl sites for hydroxylation is 1. The highest BCUT2D eigenvalue weighted by Crippen LogP contribution is 2.26. The Morgan fingerprint density at radius 3 is 2.61 bits per heavy atom. The van der Waals surface area contributed by atoms with Crippen LogP contribution in [0.1, 0.15) is 22.9 Å². The molecule has 0 unspecified atom stereocenters. The number of fused-ring (bicyclic) bond motifs is 1. The molecule has 0 spiro atoms. The van der Waals surface area contributed by atoms with E-state index in [9.17, 15) is 9.59 Å². The molecular weight excluding hydrogens is 370 g/mol. The lowest BCUT2D eigenvalue weighted by atomic mass is 10.1. The number of hydrogen-bond donors (Lipinski definition) is 1. The van der Waals surface area contributed by atoms with Gasteiger partial charge in [0, 0.05) is 17.8 Å². The lowest BCUT2D eigenvalue weighted by Crippen LogP contribution is -2.31. The molecule has 0 radical (unpaired) electrons. The van der Waals surface area contributed by atoms with Crippen LogP contribution in [0, 0.1) is 0 Å². The zero-order chi connectivity index (χ0) is 19.3. The highest BCUT2D eigenvalue weighted by Gasteiger charge is 2.17. The van der Waals surface area contributed by atoms with Crippen molar-refractivity contribution in [2.75, 3.05) is 0 Å². The van der Waals surface area contributed by atoms with Gasteiger partial charge in [-0.3, -0.25) is 14.2 Å². The quantitative estimate of drug-likeness (QED) is 0.546. The van der Waals surface area contributed by atoms with Crippen LogP contribution in [0.3, 0.4) is 0 Å². The van der Waals surface area contributed by atoms with E-state index in [1.807, 2.05) is 60.0 Å². The molecule has 28 heavy (non-hydrogen) atoms. The molecule has 0 fully saturated rings. The number of para-hydroxylation sites is 1. The van der Waals surface area contributed by atoms with Gasteiger partial charge in [0.05, 0.1) is 23.3 Å². The number of aromatic nitrogens is 2. The Labute approximate surface area is 166 Å². The fraction of sp³-hybridized carbons (Fsp3) is 0.136. The summed E-state index contributed by atoms with van der Waals surface area (Å²) in [5, 5.41) is 5.66. The van der Waals surface area contributed by atoms with Crippen molar-refractivity contribution in [3.05, 3.63) is 99.2 Å². The second-order valence-electron chi connectivity index (χ2n) is 6.44. The predicted octanol–water partition coefficient (Wildman–Crippen LogP) is 3.75. The van der Waals surface area contributed by atoms with Crippen LogP contribution in [0.4, 0.5) is 0 Å². The topological polar surface area (TPSA) is 64.0 Å². The number of nitrogens with zero attached hydrogens (tertiary/aromatic N) is 2. The van der Waals surface area contributed by atoms with Crippen molar-refractivity contribution in [2.45, 2.75) is 19.0 Å². The minimum atomic E-state index is -0.194. The minimum absolute atomic E-state index is 0.109. The van der Waals surface area contributed by atoms with E-state index in [0.29, 0.717) is 10.9 Å². The molecule has 140 valence electrons. The van der Waals surface area contributed by atoms with Gasteiger partial charge in [0.25, 0.3) is 5.56 Å². The molecular formula is C22H19N3O2S. The molecule has 1 amide bonds. The van der Waals surface area contributed by atoms with E-state index in [1.54, 1.807) is 23.5 Å². The van der Waals surface area contributed by atoms with Crippen molar-refractivity contribution in [1.82, 2.24) is 14.9 Å². The summed E-state index contributed by atoms with van der Waals surface area (Å²) in [6, 6.07) is 20.9. The smallest absolute Gasteiger partial charge is 0.261 e. The van der Waals surface area contributed by atoms with Crippen molar-refractivity contribution in [3.8, 4) is 0 Å². The summed E-state index contributed by atoms with van der Waals surface area (Å²) < 4.78 is 1.49. The van der Waals surface area contributed by atoms with Gasteiger partial charge in [-0.25, -0.2) is 4.98 Å². The number of benzene rings is 2. The molecule has 0 bridgehead atoms. The highest BCUT2D eigenvalue weighted by molar-refractivity contribution is 7.10. The summed E-state index contributed by atoms with van der Waals surface area (Å²) in [6.07, 6.45) is 1.71. The Hall–Kier alpha value is -3.25. The third kappa shape index (κ3) is 3.87. The van der Waals surface area contributed by atoms with E-state index in [-0.39, 0.29) is 30.5 Å². The molecule has 2 aromatic heterocycles. The van der Waals surface area contributed by atoms with Gasteiger partial charge in [0.15, 0.2) is 0 Å². The van der Waals surface area contributed by atoms with Gasteiger partial charge in [-0.1, -0.05) is 48.5 Å². The number of hydrogen-bond acceptors (Lipinski definition) is 4. The van der Waals surface area contributed by atoms with Crippen molar-refractivity contribution in [3.63, 3.8) is 0 Å². The summed E-state index contributed by atoms with van der Waals surface area (Å²) in [4.78, 5) is 30.6. The second-order valence-corrected chi connectivity index (χ2v) is 7.42. The molecule has 1 N–H and O–H groups in total. The van der Waals surface area contributed by atoms with Gasteiger partial charge in [-0.2, -0.15) is 0 Å². The molecule has 0 aliphatic carbocycles. The van der Waals surface area contributed by atoms with Gasteiger partial charge in [-0.05, 0) is 29.1 Å².